The molecule has 1 N–H and O–H groups in total. The maximum absolute atomic E-state index is 12.6. The van der Waals surface area contributed by atoms with Crippen LogP contribution in [0.3, 0.4) is 0 Å². The molecule has 1 amide bonds. The second-order valence-electron chi connectivity index (χ2n) is 6.27. The number of amides is 1. The monoisotopic (exact) mass is 346 g/mol. The average molecular weight is 346 g/mol. The molecule has 2 aromatic carbocycles. The van der Waals surface area contributed by atoms with Gasteiger partial charge in [0.2, 0.25) is 0 Å². The molecule has 0 fully saturated rings. The summed E-state index contributed by atoms with van der Waals surface area (Å²) < 4.78 is 0.641. The van der Waals surface area contributed by atoms with Crippen LogP contribution in [0.1, 0.15) is 40.4 Å². The van der Waals surface area contributed by atoms with E-state index in [2.05, 4.69) is 17.4 Å². The predicted octanol–water partition coefficient (Wildman–Crippen LogP) is 3.81. The molecule has 0 radical (unpaired) electrons. The molecular weight excluding hydrogens is 324 g/mol. The van der Waals surface area contributed by atoms with Crippen LogP contribution in [0, 0.1) is 5.21 Å². The Kier molecular flexibility index (Phi) is 5.99. The van der Waals surface area contributed by atoms with E-state index in [1.165, 1.54) is 18.0 Å². The van der Waals surface area contributed by atoms with Gasteiger partial charge in [-0.2, -0.15) is 4.73 Å². The Labute approximate surface area is 153 Å². The third-order valence-electron chi connectivity index (χ3n) is 4.35. The lowest BCUT2D eigenvalue weighted by Gasteiger charge is -2.19. The first-order valence-corrected chi connectivity index (χ1v) is 8.81. The third kappa shape index (κ3) is 4.93. The van der Waals surface area contributed by atoms with Crippen LogP contribution in [0.2, 0.25) is 0 Å². The van der Waals surface area contributed by atoms with Crippen LogP contribution in [-0.4, -0.2) is 5.91 Å². The number of aromatic nitrogens is 1. The molecule has 1 unspecified atom stereocenters. The highest BCUT2D eigenvalue weighted by Gasteiger charge is 2.17. The molecule has 1 atom stereocenters. The summed E-state index contributed by atoms with van der Waals surface area (Å²) in [5.74, 6) is -0.233. The molecule has 1 aromatic heterocycles. The van der Waals surface area contributed by atoms with E-state index in [0.29, 0.717) is 10.3 Å². The van der Waals surface area contributed by atoms with Gasteiger partial charge in [0, 0.05) is 6.07 Å². The van der Waals surface area contributed by atoms with Crippen LogP contribution in [0.15, 0.2) is 85.2 Å². The van der Waals surface area contributed by atoms with Gasteiger partial charge in [-0.25, -0.2) is 0 Å². The van der Waals surface area contributed by atoms with E-state index >= 15 is 0 Å². The highest BCUT2D eigenvalue weighted by Crippen LogP contribution is 2.20. The normalized spacial score (nSPS) is 11.7. The van der Waals surface area contributed by atoms with Crippen LogP contribution in [0.5, 0.6) is 0 Å². The van der Waals surface area contributed by atoms with Crippen LogP contribution in [0.25, 0.3) is 0 Å². The highest BCUT2D eigenvalue weighted by molar-refractivity contribution is 5.93. The summed E-state index contributed by atoms with van der Waals surface area (Å²) in [5, 5.41) is 14.5. The van der Waals surface area contributed by atoms with E-state index < -0.39 is 0 Å². The Morgan fingerprint density at radius 2 is 1.65 bits per heavy atom. The van der Waals surface area contributed by atoms with Crippen molar-refractivity contribution in [1.82, 2.24) is 5.32 Å². The largest absolute Gasteiger partial charge is 0.619 e. The van der Waals surface area contributed by atoms with E-state index in [9.17, 15) is 10.0 Å². The zero-order valence-corrected chi connectivity index (χ0v) is 14.5. The van der Waals surface area contributed by atoms with Crippen molar-refractivity contribution in [2.24, 2.45) is 0 Å². The van der Waals surface area contributed by atoms with Gasteiger partial charge in [0.1, 0.15) is 5.56 Å². The molecule has 4 nitrogen and oxygen atoms in total. The molecule has 132 valence electrons. The fourth-order valence-electron chi connectivity index (χ4n) is 2.99. The SMILES string of the molecule is O=C(NC(CCCc1ccccc1)c1ccccc1)c1ccc[n+]([O-])c1. The van der Waals surface area contributed by atoms with Crippen molar-refractivity contribution in [2.75, 3.05) is 0 Å². The summed E-state index contributed by atoms with van der Waals surface area (Å²) >= 11 is 0. The Balaban J connectivity index is 1.68. The molecule has 0 aliphatic heterocycles. The van der Waals surface area contributed by atoms with E-state index in [-0.39, 0.29) is 11.9 Å². The molecule has 0 spiro atoms. The molecule has 3 rings (SSSR count). The average Bonchev–Trinajstić information content (AvgIpc) is 2.68. The minimum atomic E-state index is -0.233. The molecule has 1 heterocycles. The summed E-state index contributed by atoms with van der Waals surface area (Å²) in [6, 6.07) is 23.4. The van der Waals surface area contributed by atoms with Crippen molar-refractivity contribution in [3.63, 3.8) is 0 Å². The van der Waals surface area contributed by atoms with Gasteiger partial charge in [0.25, 0.3) is 5.91 Å². The smallest absolute Gasteiger partial charge is 0.257 e. The lowest BCUT2D eigenvalue weighted by Crippen LogP contribution is -2.32. The van der Waals surface area contributed by atoms with Crippen molar-refractivity contribution in [3.8, 4) is 0 Å². The lowest BCUT2D eigenvalue weighted by molar-refractivity contribution is -0.605. The Bertz CT molecular complexity index is 835. The first kappa shape index (κ1) is 17.7. The molecule has 0 saturated heterocycles. The van der Waals surface area contributed by atoms with Gasteiger partial charge in [0.15, 0.2) is 12.4 Å². The molecule has 26 heavy (non-hydrogen) atoms. The van der Waals surface area contributed by atoms with E-state index in [1.807, 2.05) is 48.5 Å². The molecule has 3 aromatic rings. The number of carbonyl (C=O) groups excluding carboxylic acids is 1. The van der Waals surface area contributed by atoms with Crippen LogP contribution in [-0.2, 0) is 6.42 Å². The van der Waals surface area contributed by atoms with Crippen molar-refractivity contribution in [3.05, 3.63) is 107 Å². The molecule has 0 aliphatic carbocycles. The number of carbonyl (C=O) groups is 1. The van der Waals surface area contributed by atoms with Gasteiger partial charge in [-0.1, -0.05) is 60.7 Å². The van der Waals surface area contributed by atoms with Crippen LogP contribution in [0.4, 0.5) is 0 Å². The molecule has 0 aliphatic rings. The summed E-state index contributed by atoms with van der Waals surface area (Å²) in [5.41, 5.74) is 2.73. The van der Waals surface area contributed by atoms with Crippen LogP contribution < -0.4 is 10.0 Å². The number of hydrogen-bond acceptors (Lipinski definition) is 2. The fourth-order valence-corrected chi connectivity index (χ4v) is 2.99. The van der Waals surface area contributed by atoms with E-state index in [0.717, 1.165) is 24.8 Å². The number of rotatable bonds is 7. The number of benzene rings is 2. The van der Waals surface area contributed by atoms with E-state index in [4.69, 9.17) is 0 Å². The number of nitrogens with one attached hydrogen (secondary N) is 1. The Morgan fingerprint density at radius 3 is 2.35 bits per heavy atom. The molecule has 0 bridgehead atoms. The minimum Gasteiger partial charge on any atom is -0.619 e. The first-order valence-electron chi connectivity index (χ1n) is 8.81. The number of pyridine rings is 1. The Hall–Kier alpha value is -3.14. The van der Waals surface area contributed by atoms with Gasteiger partial charge in [-0.15, -0.1) is 0 Å². The van der Waals surface area contributed by atoms with Gasteiger partial charge < -0.3 is 10.5 Å². The van der Waals surface area contributed by atoms with Crippen molar-refractivity contribution >= 4 is 5.91 Å². The standard InChI is InChI=1S/C22H22N2O2/c25-22(20-14-8-16-24(26)17-20)23-21(19-12-5-2-6-13-19)15-7-11-18-9-3-1-4-10-18/h1-6,8-10,12-14,16-17,21H,7,11,15H2,(H,23,25). The Morgan fingerprint density at radius 1 is 0.962 bits per heavy atom. The second kappa shape index (κ2) is 8.81. The van der Waals surface area contributed by atoms with Gasteiger partial charge in [-0.3, -0.25) is 4.79 Å². The van der Waals surface area contributed by atoms with Gasteiger partial charge in [-0.05, 0) is 36.5 Å². The summed E-state index contributed by atoms with van der Waals surface area (Å²) in [6.45, 7) is 0. The topological polar surface area (TPSA) is 56.0 Å². The minimum absolute atomic E-state index is 0.0901. The van der Waals surface area contributed by atoms with Gasteiger partial charge in [0.05, 0.1) is 6.04 Å². The lowest BCUT2D eigenvalue weighted by atomic mass is 9.98. The maximum Gasteiger partial charge on any atom is 0.257 e. The first-order chi connectivity index (χ1) is 12.7. The zero-order chi connectivity index (χ0) is 18.2. The summed E-state index contributed by atoms with van der Waals surface area (Å²) in [6.07, 6.45) is 5.41. The molecule has 0 saturated carbocycles. The van der Waals surface area contributed by atoms with Gasteiger partial charge >= 0.3 is 0 Å². The van der Waals surface area contributed by atoms with Crippen molar-refractivity contribution in [2.45, 2.75) is 25.3 Å². The second-order valence-corrected chi connectivity index (χ2v) is 6.27. The number of nitrogens with zero attached hydrogens (tertiary/aromatic N) is 1. The third-order valence-corrected chi connectivity index (χ3v) is 4.35. The van der Waals surface area contributed by atoms with Crippen molar-refractivity contribution < 1.29 is 9.52 Å². The molecular formula is C22H22N2O2. The van der Waals surface area contributed by atoms with Crippen molar-refractivity contribution in [1.29, 1.82) is 0 Å². The zero-order valence-electron chi connectivity index (χ0n) is 14.5. The van der Waals surface area contributed by atoms with E-state index in [1.54, 1.807) is 12.1 Å². The number of aryl methyl sites for hydroxylation is 1. The summed E-state index contributed by atoms with van der Waals surface area (Å²) in [4.78, 5) is 12.6. The highest BCUT2D eigenvalue weighted by atomic mass is 16.5. The predicted molar refractivity (Wildman–Crippen MR) is 101 cm³/mol. The molecule has 4 heteroatoms. The maximum atomic E-state index is 12.6. The summed E-state index contributed by atoms with van der Waals surface area (Å²) in [7, 11) is 0. The number of hydrogen-bond donors (Lipinski definition) is 1. The fraction of sp³-hybridized carbons (Fsp3) is 0.182. The van der Waals surface area contributed by atoms with Crippen LogP contribution >= 0.6 is 0 Å². The quantitative estimate of drug-likeness (QED) is 0.522.